The minimum absolute atomic E-state index is 0.132. The first-order chi connectivity index (χ1) is 10.9. The van der Waals surface area contributed by atoms with Gasteiger partial charge in [0.25, 0.3) is 11.6 Å². The maximum absolute atomic E-state index is 11.8. The van der Waals surface area contributed by atoms with Gasteiger partial charge in [-0.1, -0.05) is 6.07 Å². The highest BCUT2D eigenvalue weighted by molar-refractivity contribution is 9.10. The van der Waals surface area contributed by atoms with Crippen LogP contribution in [0.2, 0.25) is 0 Å². The summed E-state index contributed by atoms with van der Waals surface area (Å²) in [5, 5.41) is 24.7. The molecule has 0 bridgehead atoms. The summed E-state index contributed by atoms with van der Waals surface area (Å²) < 4.78 is 0.160. The minimum Gasteiger partial charge on any atom is -0.506 e. The third kappa shape index (κ3) is 3.89. The molecule has 0 fully saturated rings. The normalized spacial score (nSPS) is 11.1. The third-order valence-corrected chi connectivity index (χ3v) is 3.48. The Morgan fingerprint density at radius 3 is 2.78 bits per heavy atom. The van der Waals surface area contributed by atoms with Gasteiger partial charge in [-0.25, -0.2) is 5.43 Å². The van der Waals surface area contributed by atoms with Gasteiger partial charge in [-0.2, -0.15) is 5.10 Å². The molecule has 1 aromatic carbocycles. The van der Waals surface area contributed by atoms with Crippen molar-refractivity contribution in [2.75, 3.05) is 0 Å². The van der Waals surface area contributed by atoms with Crippen LogP contribution in [0, 0.1) is 10.1 Å². The van der Waals surface area contributed by atoms with E-state index >= 15 is 0 Å². The molecule has 2 rings (SSSR count). The van der Waals surface area contributed by atoms with Crippen LogP contribution in [-0.4, -0.2) is 26.6 Å². The number of non-ortho nitro benzene ring substituents is 1. The van der Waals surface area contributed by atoms with E-state index in [-0.39, 0.29) is 32.9 Å². The molecule has 9 heteroatoms. The third-order valence-electron chi connectivity index (χ3n) is 2.87. The van der Waals surface area contributed by atoms with Crippen molar-refractivity contribution >= 4 is 33.2 Å². The lowest BCUT2D eigenvalue weighted by molar-refractivity contribution is -0.385. The van der Waals surface area contributed by atoms with Gasteiger partial charge in [-0.3, -0.25) is 19.9 Å². The number of halogens is 1. The molecule has 0 saturated carbocycles. The maximum Gasteiger partial charge on any atom is 0.289 e. The molecular formula is C14H11BrN4O4. The second-order valence-corrected chi connectivity index (χ2v) is 5.29. The SMILES string of the molecule is C/C(=N/NC(=O)c1ccccn1)c1cc([N+](=O)[O-])cc(Br)c1O. The summed E-state index contributed by atoms with van der Waals surface area (Å²) in [6, 6.07) is 7.19. The van der Waals surface area contributed by atoms with Crippen LogP contribution in [0.5, 0.6) is 5.75 Å². The van der Waals surface area contributed by atoms with E-state index in [0.29, 0.717) is 0 Å². The summed E-state index contributed by atoms with van der Waals surface area (Å²) in [4.78, 5) is 26.0. The minimum atomic E-state index is -0.590. The lowest BCUT2D eigenvalue weighted by Crippen LogP contribution is -2.20. The maximum atomic E-state index is 11.8. The smallest absolute Gasteiger partial charge is 0.289 e. The Bertz CT molecular complexity index is 793. The monoisotopic (exact) mass is 378 g/mol. The highest BCUT2D eigenvalue weighted by atomic mass is 79.9. The molecule has 0 atom stereocenters. The van der Waals surface area contributed by atoms with Gasteiger partial charge in [0, 0.05) is 23.9 Å². The first kappa shape index (κ1) is 16.6. The van der Waals surface area contributed by atoms with Gasteiger partial charge in [0.15, 0.2) is 0 Å². The van der Waals surface area contributed by atoms with Gasteiger partial charge < -0.3 is 5.11 Å². The summed E-state index contributed by atoms with van der Waals surface area (Å²) in [5.41, 5.74) is 2.58. The summed E-state index contributed by atoms with van der Waals surface area (Å²) in [6.07, 6.45) is 1.47. The molecule has 1 amide bonds. The van der Waals surface area contributed by atoms with Gasteiger partial charge in [0.05, 0.1) is 15.1 Å². The zero-order valence-corrected chi connectivity index (χ0v) is 13.4. The molecule has 0 saturated heterocycles. The number of phenols is 1. The number of hydrogen-bond acceptors (Lipinski definition) is 6. The first-order valence-corrected chi connectivity index (χ1v) is 7.12. The van der Waals surface area contributed by atoms with Crippen LogP contribution < -0.4 is 5.43 Å². The fourth-order valence-corrected chi connectivity index (χ4v) is 2.16. The Morgan fingerprint density at radius 1 is 1.43 bits per heavy atom. The largest absolute Gasteiger partial charge is 0.506 e. The molecule has 0 unspecified atom stereocenters. The van der Waals surface area contributed by atoms with E-state index in [1.54, 1.807) is 12.1 Å². The Hall–Kier alpha value is -2.81. The Morgan fingerprint density at radius 2 is 2.17 bits per heavy atom. The molecule has 0 aliphatic heterocycles. The lowest BCUT2D eigenvalue weighted by Gasteiger charge is -2.07. The molecule has 0 spiro atoms. The van der Waals surface area contributed by atoms with Crippen LogP contribution in [-0.2, 0) is 0 Å². The molecule has 0 aliphatic rings. The molecule has 2 aromatic rings. The van der Waals surface area contributed by atoms with Crippen molar-refractivity contribution in [3.63, 3.8) is 0 Å². The summed E-state index contributed by atoms with van der Waals surface area (Å²) >= 11 is 3.04. The average Bonchev–Trinajstić information content (AvgIpc) is 2.55. The molecular weight excluding hydrogens is 368 g/mol. The highest BCUT2D eigenvalue weighted by Gasteiger charge is 2.17. The van der Waals surface area contributed by atoms with Crippen LogP contribution >= 0.6 is 15.9 Å². The number of nitro benzene ring substituents is 1. The van der Waals surface area contributed by atoms with Crippen molar-refractivity contribution < 1.29 is 14.8 Å². The number of carbonyl (C=O) groups excluding carboxylic acids is 1. The van der Waals surface area contributed by atoms with Gasteiger partial charge in [-0.05, 0) is 35.0 Å². The van der Waals surface area contributed by atoms with E-state index in [1.165, 1.54) is 31.3 Å². The number of aromatic nitrogens is 1. The highest BCUT2D eigenvalue weighted by Crippen LogP contribution is 2.32. The number of rotatable bonds is 4. The second kappa shape index (κ2) is 6.97. The van der Waals surface area contributed by atoms with Crippen LogP contribution in [0.15, 0.2) is 46.1 Å². The zero-order chi connectivity index (χ0) is 17.0. The van der Waals surface area contributed by atoms with Crippen molar-refractivity contribution in [3.8, 4) is 5.75 Å². The van der Waals surface area contributed by atoms with E-state index in [9.17, 15) is 20.0 Å². The number of aromatic hydroxyl groups is 1. The average molecular weight is 379 g/mol. The number of amides is 1. The van der Waals surface area contributed by atoms with Crippen molar-refractivity contribution in [2.24, 2.45) is 5.10 Å². The number of phenolic OH excluding ortho intramolecular Hbond substituents is 1. The number of pyridine rings is 1. The van der Waals surface area contributed by atoms with Crippen LogP contribution in [0.3, 0.4) is 0 Å². The summed E-state index contributed by atoms with van der Waals surface area (Å²) in [5.74, 6) is -0.738. The lowest BCUT2D eigenvalue weighted by atomic mass is 10.1. The predicted molar refractivity (Wildman–Crippen MR) is 86.4 cm³/mol. The molecule has 2 N–H and O–H groups in total. The van der Waals surface area contributed by atoms with Crippen LogP contribution in [0.1, 0.15) is 23.0 Å². The van der Waals surface area contributed by atoms with E-state index in [1.807, 2.05) is 0 Å². The van der Waals surface area contributed by atoms with E-state index < -0.39 is 10.8 Å². The standard InChI is InChI=1S/C14H11BrN4O4/c1-8(17-18-14(21)12-4-2-3-5-16-12)10-6-9(19(22)23)7-11(15)13(10)20/h2-7,20H,1H3,(H,18,21)/b17-8-. The van der Waals surface area contributed by atoms with E-state index in [0.717, 1.165) is 0 Å². The zero-order valence-electron chi connectivity index (χ0n) is 11.9. The van der Waals surface area contributed by atoms with Gasteiger partial charge in [-0.15, -0.1) is 0 Å². The fraction of sp³-hybridized carbons (Fsp3) is 0.0714. The summed E-state index contributed by atoms with van der Waals surface area (Å²) in [7, 11) is 0. The molecule has 1 aromatic heterocycles. The van der Waals surface area contributed by atoms with Crippen molar-refractivity contribution in [1.29, 1.82) is 0 Å². The molecule has 0 aliphatic carbocycles. The number of nitrogens with zero attached hydrogens (tertiary/aromatic N) is 3. The number of nitro groups is 1. The Kier molecular flexibility index (Phi) is 5.02. The van der Waals surface area contributed by atoms with Crippen molar-refractivity contribution in [3.05, 3.63) is 62.4 Å². The Balaban J connectivity index is 2.28. The fourth-order valence-electron chi connectivity index (χ4n) is 1.72. The van der Waals surface area contributed by atoms with Crippen LogP contribution in [0.4, 0.5) is 5.69 Å². The van der Waals surface area contributed by atoms with E-state index in [4.69, 9.17) is 0 Å². The number of carbonyl (C=O) groups is 1. The van der Waals surface area contributed by atoms with E-state index in [2.05, 4.69) is 31.4 Å². The van der Waals surface area contributed by atoms with Gasteiger partial charge in [0.2, 0.25) is 0 Å². The number of hydrogen-bond donors (Lipinski definition) is 2. The molecule has 118 valence electrons. The quantitative estimate of drug-likeness (QED) is 0.481. The predicted octanol–water partition coefficient (Wildman–Crippen LogP) is 2.61. The molecule has 0 radical (unpaired) electrons. The van der Waals surface area contributed by atoms with Crippen LogP contribution in [0.25, 0.3) is 0 Å². The Labute approximate surface area is 139 Å². The van der Waals surface area contributed by atoms with Gasteiger partial charge in [0.1, 0.15) is 11.4 Å². The topological polar surface area (TPSA) is 118 Å². The molecule has 1 heterocycles. The number of hydrazone groups is 1. The summed E-state index contributed by atoms with van der Waals surface area (Å²) in [6.45, 7) is 1.50. The molecule has 8 nitrogen and oxygen atoms in total. The second-order valence-electron chi connectivity index (χ2n) is 4.43. The number of benzene rings is 1. The number of nitrogens with one attached hydrogen (secondary N) is 1. The van der Waals surface area contributed by atoms with Crippen molar-refractivity contribution in [2.45, 2.75) is 6.92 Å². The van der Waals surface area contributed by atoms with Crippen molar-refractivity contribution in [1.82, 2.24) is 10.4 Å². The van der Waals surface area contributed by atoms with Gasteiger partial charge >= 0.3 is 0 Å². The molecule has 23 heavy (non-hydrogen) atoms. The first-order valence-electron chi connectivity index (χ1n) is 6.33.